The molecular weight excluding hydrogens is 222 g/mol. The maximum Gasteiger partial charge on any atom is 0.0700 e. The van der Waals surface area contributed by atoms with Crippen molar-refractivity contribution in [3.63, 3.8) is 0 Å². The molecule has 0 atom stereocenters. The topological polar surface area (TPSA) is 49.0 Å². The molecule has 17 heavy (non-hydrogen) atoms. The summed E-state index contributed by atoms with van der Waals surface area (Å²) in [5.74, 6) is 0. The smallest absolute Gasteiger partial charge is 0.0700 e. The van der Waals surface area contributed by atoms with Gasteiger partial charge >= 0.3 is 0 Å². The largest absolute Gasteiger partial charge is 0.385 e. The van der Waals surface area contributed by atoms with Gasteiger partial charge in [0.05, 0.1) is 19.8 Å². The molecule has 0 aliphatic rings. The quantitative estimate of drug-likeness (QED) is 0.459. The molecule has 0 aromatic carbocycles. The Morgan fingerprint density at radius 2 is 1.35 bits per heavy atom. The lowest BCUT2D eigenvalue weighted by Crippen LogP contribution is -2.22. The summed E-state index contributed by atoms with van der Waals surface area (Å²) in [6.07, 6.45) is 1.98. The predicted molar refractivity (Wildman–Crippen MR) is 67.5 cm³/mol. The molecular formula is C12H27NO4. The van der Waals surface area contributed by atoms with E-state index >= 15 is 0 Å². The Balaban J connectivity index is 2.85. The minimum Gasteiger partial charge on any atom is -0.385 e. The molecule has 0 saturated heterocycles. The van der Waals surface area contributed by atoms with Crippen LogP contribution >= 0.6 is 0 Å². The van der Waals surface area contributed by atoms with Crippen LogP contribution in [0.15, 0.2) is 0 Å². The molecule has 0 amide bonds. The Morgan fingerprint density at radius 3 is 2.12 bits per heavy atom. The fourth-order valence-corrected chi connectivity index (χ4v) is 1.22. The second-order valence-electron chi connectivity index (χ2n) is 3.67. The van der Waals surface area contributed by atoms with Crippen LogP contribution in [0.1, 0.15) is 12.8 Å². The van der Waals surface area contributed by atoms with Crippen molar-refractivity contribution in [2.24, 2.45) is 0 Å². The summed E-state index contributed by atoms with van der Waals surface area (Å²) in [5, 5.41) is 3.30. The third kappa shape index (κ3) is 15.8. The molecule has 0 radical (unpaired) electrons. The summed E-state index contributed by atoms with van der Waals surface area (Å²) >= 11 is 0. The van der Waals surface area contributed by atoms with Gasteiger partial charge in [-0.25, -0.2) is 0 Å². The summed E-state index contributed by atoms with van der Waals surface area (Å²) in [6, 6.07) is 0. The molecule has 0 aromatic rings. The Kier molecular flexibility index (Phi) is 15.6. The molecule has 0 fully saturated rings. The van der Waals surface area contributed by atoms with Crippen molar-refractivity contribution in [2.45, 2.75) is 12.8 Å². The second kappa shape index (κ2) is 15.8. The van der Waals surface area contributed by atoms with E-state index in [1.165, 1.54) is 0 Å². The van der Waals surface area contributed by atoms with Crippen molar-refractivity contribution in [3.05, 3.63) is 0 Å². The van der Waals surface area contributed by atoms with E-state index in [1.54, 1.807) is 14.2 Å². The van der Waals surface area contributed by atoms with E-state index < -0.39 is 0 Å². The van der Waals surface area contributed by atoms with Crippen molar-refractivity contribution < 1.29 is 18.9 Å². The van der Waals surface area contributed by atoms with Crippen LogP contribution in [-0.2, 0) is 18.9 Å². The third-order valence-corrected chi connectivity index (χ3v) is 2.13. The first-order valence-electron chi connectivity index (χ1n) is 6.26. The van der Waals surface area contributed by atoms with Crippen molar-refractivity contribution in [2.75, 3.05) is 67.0 Å². The molecule has 0 bridgehead atoms. The normalized spacial score (nSPS) is 10.9. The second-order valence-corrected chi connectivity index (χ2v) is 3.67. The Labute approximate surface area is 105 Å². The number of rotatable bonds is 14. The summed E-state index contributed by atoms with van der Waals surface area (Å²) in [5.41, 5.74) is 0. The Bertz CT molecular complexity index is 122. The van der Waals surface area contributed by atoms with E-state index in [-0.39, 0.29) is 0 Å². The Morgan fingerprint density at radius 1 is 0.647 bits per heavy atom. The number of hydrogen-bond acceptors (Lipinski definition) is 5. The number of ether oxygens (including phenoxy) is 4. The minimum absolute atomic E-state index is 0.669. The standard InChI is InChI=1S/C12H27NO4/c1-14-7-4-9-16-10-6-13-5-3-8-17-12-11-15-2/h13H,3-12H2,1-2H3. The number of hydrogen-bond donors (Lipinski definition) is 1. The van der Waals surface area contributed by atoms with Gasteiger partial charge in [0.1, 0.15) is 0 Å². The first-order valence-corrected chi connectivity index (χ1v) is 6.26. The van der Waals surface area contributed by atoms with Crippen LogP contribution in [0, 0.1) is 0 Å². The monoisotopic (exact) mass is 249 g/mol. The molecule has 0 rings (SSSR count). The van der Waals surface area contributed by atoms with Gasteiger partial charge in [0, 0.05) is 40.6 Å². The highest BCUT2D eigenvalue weighted by Gasteiger charge is 1.91. The summed E-state index contributed by atoms with van der Waals surface area (Å²) < 4.78 is 20.5. The lowest BCUT2D eigenvalue weighted by atomic mass is 10.4. The van der Waals surface area contributed by atoms with E-state index in [1.807, 2.05) is 0 Å². The zero-order valence-electron chi connectivity index (χ0n) is 11.2. The number of nitrogens with one attached hydrogen (secondary N) is 1. The highest BCUT2D eigenvalue weighted by atomic mass is 16.5. The average molecular weight is 249 g/mol. The predicted octanol–water partition coefficient (Wildman–Crippen LogP) is 0.682. The maximum atomic E-state index is 5.41. The van der Waals surface area contributed by atoms with Crippen molar-refractivity contribution >= 4 is 0 Å². The zero-order chi connectivity index (χ0) is 12.6. The molecule has 5 heteroatoms. The van der Waals surface area contributed by atoms with Gasteiger partial charge in [0.25, 0.3) is 0 Å². The minimum atomic E-state index is 0.669. The van der Waals surface area contributed by atoms with E-state index in [0.29, 0.717) is 13.2 Å². The molecule has 5 nitrogen and oxygen atoms in total. The lowest BCUT2D eigenvalue weighted by molar-refractivity contribution is 0.0689. The molecule has 0 unspecified atom stereocenters. The first-order chi connectivity index (χ1) is 8.41. The van der Waals surface area contributed by atoms with Crippen molar-refractivity contribution in [3.8, 4) is 0 Å². The van der Waals surface area contributed by atoms with Crippen LogP contribution in [0.2, 0.25) is 0 Å². The molecule has 0 saturated carbocycles. The summed E-state index contributed by atoms with van der Waals surface area (Å²) in [6.45, 7) is 6.29. The van der Waals surface area contributed by atoms with E-state index in [4.69, 9.17) is 18.9 Å². The highest BCUT2D eigenvalue weighted by molar-refractivity contribution is 4.46. The summed E-state index contributed by atoms with van der Waals surface area (Å²) in [7, 11) is 3.38. The van der Waals surface area contributed by atoms with Gasteiger partial charge < -0.3 is 24.3 Å². The molecule has 0 spiro atoms. The van der Waals surface area contributed by atoms with E-state index in [9.17, 15) is 0 Å². The molecule has 0 aliphatic heterocycles. The van der Waals surface area contributed by atoms with Crippen LogP contribution in [0.4, 0.5) is 0 Å². The van der Waals surface area contributed by atoms with Crippen LogP contribution < -0.4 is 5.32 Å². The summed E-state index contributed by atoms with van der Waals surface area (Å²) in [4.78, 5) is 0. The van der Waals surface area contributed by atoms with Gasteiger partial charge in [-0.2, -0.15) is 0 Å². The fourth-order valence-electron chi connectivity index (χ4n) is 1.22. The number of methoxy groups -OCH3 is 2. The maximum absolute atomic E-state index is 5.41. The fraction of sp³-hybridized carbons (Fsp3) is 1.00. The van der Waals surface area contributed by atoms with Gasteiger partial charge in [0.2, 0.25) is 0 Å². The molecule has 104 valence electrons. The molecule has 0 aromatic heterocycles. The SMILES string of the molecule is COCCCOCCNCCCOCCOC. The van der Waals surface area contributed by atoms with Crippen molar-refractivity contribution in [1.29, 1.82) is 0 Å². The van der Waals surface area contributed by atoms with E-state index in [0.717, 1.165) is 52.4 Å². The zero-order valence-corrected chi connectivity index (χ0v) is 11.2. The van der Waals surface area contributed by atoms with E-state index in [2.05, 4.69) is 5.32 Å². The van der Waals surface area contributed by atoms with Gasteiger partial charge in [-0.05, 0) is 19.4 Å². The molecule has 0 heterocycles. The molecule has 0 aliphatic carbocycles. The highest BCUT2D eigenvalue weighted by Crippen LogP contribution is 1.84. The Hall–Kier alpha value is -0.200. The van der Waals surface area contributed by atoms with Gasteiger partial charge in [-0.3, -0.25) is 0 Å². The van der Waals surface area contributed by atoms with Crippen LogP contribution in [0.25, 0.3) is 0 Å². The third-order valence-electron chi connectivity index (χ3n) is 2.13. The van der Waals surface area contributed by atoms with Crippen LogP contribution in [-0.4, -0.2) is 67.0 Å². The van der Waals surface area contributed by atoms with Gasteiger partial charge in [-0.15, -0.1) is 0 Å². The van der Waals surface area contributed by atoms with Gasteiger partial charge in [-0.1, -0.05) is 0 Å². The van der Waals surface area contributed by atoms with Crippen molar-refractivity contribution in [1.82, 2.24) is 5.32 Å². The average Bonchev–Trinajstić information content (AvgIpc) is 2.35. The van der Waals surface area contributed by atoms with Crippen LogP contribution in [0.3, 0.4) is 0 Å². The lowest BCUT2D eigenvalue weighted by Gasteiger charge is -2.06. The van der Waals surface area contributed by atoms with Crippen LogP contribution in [0.5, 0.6) is 0 Å². The first kappa shape index (κ1) is 16.8. The van der Waals surface area contributed by atoms with Gasteiger partial charge in [0.15, 0.2) is 0 Å². The molecule has 1 N–H and O–H groups in total.